The van der Waals surface area contributed by atoms with Crippen molar-refractivity contribution < 1.29 is 19.7 Å². The van der Waals surface area contributed by atoms with E-state index in [1.807, 2.05) is 6.07 Å². The molecule has 5 heteroatoms. The quantitative estimate of drug-likeness (QED) is 0.796. The lowest BCUT2D eigenvalue weighted by molar-refractivity contribution is -0.116. The largest absolute Gasteiger partial charge is 0.508 e. The molecule has 0 spiro atoms. The number of methoxy groups -OCH3 is 1. The van der Waals surface area contributed by atoms with Crippen LogP contribution in [0.15, 0.2) is 30.3 Å². The highest BCUT2D eigenvalue weighted by Crippen LogP contribution is 2.43. The lowest BCUT2D eigenvalue weighted by Gasteiger charge is -2.27. The van der Waals surface area contributed by atoms with Gasteiger partial charge in [0.25, 0.3) is 0 Å². The third-order valence-electron chi connectivity index (χ3n) is 4.02. The summed E-state index contributed by atoms with van der Waals surface area (Å²) >= 11 is 0. The van der Waals surface area contributed by atoms with Crippen LogP contribution in [-0.2, 0) is 4.79 Å². The highest BCUT2D eigenvalue weighted by atomic mass is 16.5. The first-order chi connectivity index (χ1) is 10.5. The summed E-state index contributed by atoms with van der Waals surface area (Å²) in [5.41, 5.74) is 2.81. The highest BCUT2D eigenvalue weighted by molar-refractivity contribution is 5.96. The molecule has 3 rings (SSSR count). The molecule has 0 aliphatic carbocycles. The zero-order valence-corrected chi connectivity index (χ0v) is 12.4. The Morgan fingerprint density at radius 1 is 1.14 bits per heavy atom. The first-order valence-electron chi connectivity index (χ1n) is 7.00. The van der Waals surface area contributed by atoms with E-state index in [1.165, 1.54) is 0 Å². The number of nitrogens with one attached hydrogen (secondary N) is 1. The smallest absolute Gasteiger partial charge is 0.225 e. The lowest BCUT2D eigenvalue weighted by atomic mass is 9.83. The van der Waals surface area contributed by atoms with Gasteiger partial charge in [0.05, 0.1) is 7.11 Å². The van der Waals surface area contributed by atoms with E-state index >= 15 is 0 Å². The van der Waals surface area contributed by atoms with Gasteiger partial charge in [-0.2, -0.15) is 0 Å². The summed E-state index contributed by atoms with van der Waals surface area (Å²) in [6.07, 6.45) is 0.234. The fraction of sp³-hybridized carbons (Fsp3) is 0.235. The maximum Gasteiger partial charge on any atom is 0.225 e. The van der Waals surface area contributed by atoms with Crippen molar-refractivity contribution in [1.82, 2.24) is 0 Å². The Labute approximate surface area is 128 Å². The molecule has 0 aromatic heterocycles. The first kappa shape index (κ1) is 14.3. The van der Waals surface area contributed by atoms with Gasteiger partial charge in [-0.25, -0.2) is 0 Å². The second-order valence-corrected chi connectivity index (χ2v) is 5.46. The number of phenols is 2. The molecule has 1 amide bonds. The van der Waals surface area contributed by atoms with Gasteiger partial charge in [-0.05, 0) is 42.3 Å². The number of ether oxygens (including phenoxy) is 1. The number of rotatable bonds is 2. The number of amides is 1. The molecule has 22 heavy (non-hydrogen) atoms. The number of aromatic hydroxyl groups is 2. The van der Waals surface area contributed by atoms with Gasteiger partial charge < -0.3 is 20.3 Å². The summed E-state index contributed by atoms with van der Waals surface area (Å²) in [5, 5.41) is 22.8. The van der Waals surface area contributed by atoms with Crippen molar-refractivity contribution in [2.75, 3.05) is 12.4 Å². The van der Waals surface area contributed by atoms with Crippen molar-refractivity contribution in [2.45, 2.75) is 19.3 Å². The molecular formula is C17H17NO4. The fourth-order valence-electron chi connectivity index (χ4n) is 2.83. The molecule has 1 heterocycles. The number of anilines is 1. The van der Waals surface area contributed by atoms with Gasteiger partial charge in [-0.3, -0.25) is 4.79 Å². The van der Waals surface area contributed by atoms with Gasteiger partial charge in [0, 0.05) is 29.7 Å². The maximum absolute atomic E-state index is 12.0. The van der Waals surface area contributed by atoms with E-state index in [4.69, 9.17) is 4.74 Å². The van der Waals surface area contributed by atoms with Crippen LogP contribution in [0.3, 0.4) is 0 Å². The first-order valence-corrected chi connectivity index (χ1v) is 7.00. The fourth-order valence-corrected chi connectivity index (χ4v) is 2.83. The van der Waals surface area contributed by atoms with Crippen molar-refractivity contribution in [3.05, 3.63) is 47.0 Å². The van der Waals surface area contributed by atoms with Crippen LogP contribution >= 0.6 is 0 Å². The van der Waals surface area contributed by atoms with E-state index < -0.39 is 0 Å². The van der Waals surface area contributed by atoms with Crippen LogP contribution in [0.5, 0.6) is 17.2 Å². The summed E-state index contributed by atoms with van der Waals surface area (Å²) in [6, 6.07) is 8.36. The van der Waals surface area contributed by atoms with Gasteiger partial charge in [-0.1, -0.05) is 0 Å². The molecule has 0 fully saturated rings. The number of phenolic OH excluding ortho intramolecular Hbond substituents is 2. The van der Waals surface area contributed by atoms with Crippen LogP contribution in [0.4, 0.5) is 5.69 Å². The van der Waals surface area contributed by atoms with Crippen LogP contribution in [0, 0.1) is 6.92 Å². The minimum atomic E-state index is -0.279. The average Bonchev–Trinajstić information content (AvgIpc) is 2.49. The molecule has 0 unspecified atom stereocenters. The van der Waals surface area contributed by atoms with Crippen LogP contribution in [0.2, 0.25) is 0 Å². The summed E-state index contributed by atoms with van der Waals surface area (Å²) in [7, 11) is 1.56. The topological polar surface area (TPSA) is 78.8 Å². The predicted molar refractivity (Wildman–Crippen MR) is 82.6 cm³/mol. The molecule has 0 bridgehead atoms. The maximum atomic E-state index is 12.0. The zero-order chi connectivity index (χ0) is 15.9. The van der Waals surface area contributed by atoms with Gasteiger partial charge in [0.15, 0.2) is 0 Å². The number of fused-ring (bicyclic) bond motifs is 1. The van der Waals surface area contributed by atoms with Crippen molar-refractivity contribution >= 4 is 11.6 Å². The van der Waals surface area contributed by atoms with Crippen LogP contribution in [-0.4, -0.2) is 23.2 Å². The van der Waals surface area contributed by atoms with E-state index in [9.17, 15) is 15.0 Å². The Hall–Kier alpha value is -2.69. The lowest BCUT2D eigenvalue weighted by Crippen LogP contribution is -2.23. The zero-order valence-electron chi connectivity index (χ0n) is 12.4. The highest BCUT2D eigenvalue weighted by Gasteiger charge is 2.29. The van der Waals surface area contributed by atoms with Crippen molar-refractivity contribution in [3.8, 4) is 17.2 Å². The third-order valence-corrected chi connectivity index (χ3v) is 4.02. The summed E-state index contributed by atoms with van der Waals surface area (Å²) in [6.45, 7) is 1.80. The Bertz CT molecular complexity index is 755. The molecule has 0 saturated carbocycles. The normalized spacial score (nSPS) is 16.8. The molecule has 0 saturated heterocycles. The molecule has 1 aliphatic rings. The van der Waals surface area contributed by atoms with Gasteiger partial charge >= 0.3 is 0 Å². The summed E-state index contributed by atoms with van der Waals surface area (Å²) in [4.78, 5) is 12.0. The molecular weight excluding hydrogens is 282 g/mol. The SMILES string of the molecule is COc1ccc(O)c([C@H]2CC(=O)Nc3cc(O)c(C)cc32)c1. The standard InChI is InChI=1S/C17H17NO4/c1-9-5-12-11(7-17(21)18-14(12)8-16(9)20)13-6-10(22-2)3-4-15(13)19/h3-6,8,11,19-20H,7H2,1-2H3,(H,18,21)/t11-/m0/s1. The van der Waals surface area contributed by atoms with Crippen LogP contribution < -0.4 is 10.1 Å². The van der Waals surface area contributed by atoms with Crippen molar-refractivity contribution in [1.29, 1.82) is 0 Å². The van der Waals surface area contributed by atoms with Gasteiger partial charge in [0.1, 0.15) is 17.2 Å². The minimum Gasteiger partial charge on any atom is -0.508 e. The Morgan fingerprint density at radius 3 is 2.64 bits per heavy atom. The predicted octanol–water partition coefficient (Wildman–Crippen LogP) is 2.89. The number of benzene rings is 2. The molecule has 5 nitrogen and oxygen atoms in total. The number of carbonyl (C=O) groups is 1. The van der Waals surface area contributed by atoms with Crippen LogP contribution in [0.1, 0.15) is 29.0 Å². The molecule has 0 radical (unpaired) electrons. The van der Waals surface area contributed by atoms with Crippen molar-refractivity contribution in [3.63, 3.8) is 0 Å². The van der Waals surface area contributed by atoms with E-state index in [-0.39, 0.29) is 29.7 Å². The Kier molecular flexibility index (Phi) is 3.41. The van der Waals surface area contributed by atoms with Crippen LogP contribution in [0.25, 0.3) is 0 Å². The minimum absolute atomic E-state index is 0.122. The molecule has 3 N–H and O–H groups in total. The summed E-state index contributed by atoms with van der Waals surface area (Å²) in [5.74, 6) is 0.448. The van der Waals surface area contributed by atoms with E-state index in [0.29, 0.717) is 17.0 Å². The second kappa shape index (κ2) is 5.26. The monoisotopic (exact) mass is 299 g/mol. The van der Waals surface area contributed by atoms with E-state index in [1.54, 1.807) is 38.3 Å². The number of aryl methyl sites for hydroxylation is 1. The molecule has 1 atom stereocenters. The van der Waals surface area contributed by atoms with Gasteiger partial charge in [0.2, 0.25) is 5.91 Å². The van der Waals surface area contributed by atoms with E-state index in [0.717, 1.165) is 11.1 Å². The molecule has 2 aromatic rings. The molecule has 1 aliphatic heterocycles. The number of carbonyl (C=O) groups excluding carboxylic acids is 1. The Morgan fingerprint density at radius 2 is 1.91 bits per heavy atom. The summed E-state index contributed by atoms with van der Waals surface area (Å²) < 4.78 is 5.21. The van der Waals surface area contributed by atoms with Gasteiger partial charge in [-0.15, -0.1) is 0 Å². The van der Waals surface area contributed by atoms with E-state index in [2.05, 4.69) is 5.32 Å². The second-order valence-electron chi connectivity index (χ2n) is 5.46. The number of hydrogen-bond acceptors (Lipinski definition) is 4. The third kappa shape index (κ3) is 2.35. The molecule has 2 aromatic carbocycles. The Balaban J connectivity index is 2.17. The average molecular weight is 299 g/mol. The number of hydrogen-bond donors (Lipinski definition) is 3. The van der Waals surface area contributed by atoms with Crippen molar-refractivity contribution in [2.24, 2.45) is 0 Å². The molecule has 114 valence electrons.